The van der Waals surface area contributed by atoms with Crippen LogP contribution in [0.4, 0.5) is 0 Å². The molecule has 0 N–H and O–H groups in total. The van der Waals surface area contributed by atoms with E-state index in [2.05, 4.69) is 4.98 Å². The van der Waals surface area contributed by atoms with Gasteiger partial charge in [-0.3, -0.25) is 9.59 Å². The van der Waals surface area contributed by atoms with E-state index in [1.165, 1.54) is 0 Å². The number of carbonyl (C=O) groups is 2. The van der Waals surface area contributed by atoms with Crippen LogP contribution in [0.1, 0.15) is 29.7 Å². The van der Waals surface area contributed by atoms with Gasteiger partial charge in [0.2, 0.25) is 11.8 Å². The lowest BCUT2D eigenvalue weighted by Gasteiger charge is -2.40. The van der Waals surface area contributed by atoms with E-state index < -0.39 is 0 Å². The number of aromatic nitrogens is 1. The SMILES string of the molecule is Cc1ncc(CN2C(=O)C3CCCN3C(=O)C2C)s1. The van der Waals surface area contributed by atoms with Gasteiger partial charge in [0.1, 0.15) is 12.1 Å². The summed E-state index contributed by atoms with van der Waals surface area (Å²) in [5.74, 6) is 0.180. The standard InChI is InChI=1S/C13H17N3O2S/c1-8-12(17)15-5-3-4-11(15)13(18)16(8)7-10-6-14-9(2)19-10/h6,8,11H,3-5,7H2,1-2H3. The fourth-order valence-corrected chi connectivity index (χ4v) is 3.70. The van der Waals surface area contributed by atoms with Gasteiger partial charge in [-0.1, -0.05) is 0 Å². The van der Waals surface area contributed by atoms with Gasteiger partial charge in [-0.15, -0.1) is 11.3 Å². The molecule has 2 saturated heterocycles. The Balaban J connectivity index is 1.83. The first-order chi connectivity index (χ1) is 9.08. The van der Waals surface area contributed by atoms with Crippen molar-refractivity contribution in [3.05, 3.63) is 16.1 Å². The molecule has 2 atom stereocenters. The Labute approximate surface area is 116 Å². The third-order valence-corrected chi connectivity index (χ3v) is 4.82. The molecule has 0 spiro atoms. The highest BCUT2D eigenvalue weighted by Gasteiger charge is 2.45. The Morgan fingerprint density at radius 1 is 1.42 bits per heavy atom. The topological polar surface area (TPSA) is 53.5 Å². The molecule has 1 aromatic heterocycles. The van der Waals surface area contributed by atoms with Crippen molar-refractivity contribution in [3.8, 4) is 0 Å². The highest BCUT2D eigenvalue weighted by atomic mass is 32.1. The number of hydrogen-bond acceptors (Lipinski definition) is 4. The lowest BCUT2D eigenvalue weighted by molar-refractivity contribution is -0.159. The molecular formula is C13H17N3O2S. The molecule has 1 aromatic rings. The minimum absolute atomic E-state index is 0.0864. The zero-order valence-electron chi connectivity index (χ0n) is 11.1. The van der Waals surface area contributed by atoms with E-state index in [-0.39, 0.29) is 23.9 Å². The summed E-state index contributed by atoms with van der Waals surface area (Å²) in [6.45, 7) is 5.00. The molecule has 0 radical (unpaired) electrons. The molecule has 2 unspecified atom stereocenters. The van der Waals surface area contributed by atoms with Gasteiger partial charge in [-0.05, 0) is 26.7 Å². The summed E-state index contributed by atoms with van der Waals surface area (Å²) in [5, 5.41) is 0.987. The second-order valence-corrected chi connectivity index (χ2v) is 6.50. The summed E-state index contributed by atoms with van der Waals surface area (Å²) in [5.41, 5.74) is 0. The number of hydrogen-bond donors (Lipinski definition) is 0. The minimum atomic E-state index is -0.357. The van der Waals surface area contributed by atoms with Crippen LogP contribution >= 0.6 is 11.3 Å². The molecular weight excluding hydrogens is 262 g/mol. The number of carbonyl (C=O) groups excluding carboxylic acids is 2. The summed E-state index contributed by atoms with van der Waals surface area (Å²) in [7, 11) is 0. The predicted molar refractivity (Wildman–Crippen MR) is 71.6 cm³/mol. The third kappa shape index (κ3) is 2.04. The van der Waals surface area contributed by atoms with Crippen molar-refractivity contribution in [2.24, 2.45) is 0 Å². The van der Waals surface area contributed by atoms with Crippen LogP contribution in [0.25, 0.3) is 0 Å². The molecule has 3 rings (SSSR count). The van der Waals surface area contributed by atoms with E-state index in [4.69, 9.17) is 0 Å². The van der Waals surface area contributed by atoms with E-state index in [0.29, 0.717) is 6.54 Å². The van der Waals surface area contributed by atoms with Gasteiger partial charge in [0.05, 0.1) is 11.6 Å². The molecule has 2 aliphatic heterocycles. The normalized spacial score (nSPS) is 27.1. The third-order valence-electron chi connectivity index (χ3n) is 3.92. The van der Waals surface area contributed by atoms with Crippen LogP contribution in [0.5, 0.6) is 0 Å². The van der Waals surface area contributed by atoms with Gasteiger partial charge in [-0.2, -0.15) is 0 Å². The number of nitrogens with zero attached hydrogens (tertiary/aromatic N) is 3. The van der Waals surface area contributed by atoms with Crippen molar-refractivity contribution in [1.29, 1.82) is 0 Å². The van der Waals surface area contributed by atoms with Gasteiger partial charge in [0.25, 0.3) is 0 Å². The molecule has 19 heavy (non-hydrogen) atoms. The van der Waals surface area contributed by atoms with Crippen LogP contribution < -0.4 is 0 Å². The second-order valence-electron chi connectivity index (χ2n) is 5.18. The zero-order chi connectivity index (χ0) is 13.6. The van der Waals surface area contributed by atoms with Crippen molar-refractivity contribution in [2.75, 3.05) is 6.54 Å². The maximum Gasteiger partial charge on any atom is 0.246 e. The van der Waals surface area contributed by atoms with Crippen molar-refractivity contribution in [3.63, 3.8) is 0 Å². The molecule has 2 amide bonds. The number of aryl methyl sites for hydroxylation is 1. The summed E-state index contributed by atoms with van der Waals surface area (Å²) in [6, 6.07) is -0.582. The molecule has 3 heterocycles. The van der Waals surface area contributed by atoms with Crippen LogP contribution in [0.2, 0.25) is 0 Å². The van der Waals surface area contributed by atoms with Crippen LogP contribution in [0.3, 0.4) is 0 Å². The van der Waals surface area contributed by atoms with Crippen molar-refractivity contribution in [2.45, 2.75) is 45.3 Å². The molecule has 0 aromatic carbocycles. The second kappa shape index (κ2) is 4.59. The number of fused-ring (bicyclic) bond motifs is 1. The number of piperazine rings is 1. The Bertz CT molecular complexity index is 528. The first-order valence-corrected chi connectivity index (χ1v) is 7.42. The molecule has 0 aliphatic carbocycles. The molecule has 102 valence electrons. The minimum Gasteiger partial charge on any atom is -0.329 e. The van der Waals surface area contributed by atoms with Crippen LogP contribution in [-0.4, -0.2) is 45.2 Å². The average Bonchev–Trinajstić information content (AvgIpc) is 3.01. The molecule has 0 saturated carbocycles. The first kappa shape index (κ1) is 12.6. The first-order valence-electron chi connectivity index (χ1n) is 6.60. The summed E-state index contributed by atoms with van der Waals surface area (Å²) < 4.78 is 0. The Kier molecular flexibility index (Phi) is 3.05. The number of rotatable bonds is 2. The lowest BCUT2D eigenvalue weighted by atomic mass is 10.1. The van der Waals surface area contributed by atoms with Gasteiger partial charge in [0, 0.05) is 17.6 Å². The highest BCUT2D eigenvalue weighted by Crippen LogP contribution is 2.28. The molecule has 2 fully saturated rings. The van der Waals surface area contributed by atoms with Gasteiger partial charge >= 0.3 is 0 Å². The monoisotopic (exact) mass is 279 g/mol. The molecule has 5 nitrogen and oxygen atoms in total. The van der Waals surface area contributed by atoms with E-state index in [1.54, 1.807) is 27.3 Å². The highest BCUT2D eigenvalue weighted by molar-refractivity contribution is 7.11. The quantitative estimate of drug-likeness (QED) is 0.816. The zero-order valence-corrected chi connectivity index (χ0v) is 11.9. The van der Waals surface area contributed by atoms with Gasteiger partial charge in [0.15, 0.2) is 0 Å². The van der Waals surface area contributed by atoms with Crippen LogP contribution in [-0.2, 0) is 16.1 Å². The lowest BCUT2D eigenvalue weighted by Crippen LogP contribution is -2.61. The smallest absolute Gasteiger partial charge is 0.246 e. The summed E-state index contributed by atoms with van der Waals surface area (Å²) in [6.07, 6.45) is 3.53. The molecule has 0 bridgehead atoms. The fraction of sp³-hybridized carbons (Fsp3) is 0.615. The van der Waals surface area contributed by atoms with E-state index >= 15 is 0 Å². The summed E-state index contributed by atoms with van der Waals surface area (Å²) >= 11 is 1.58. The molecule has 6 heteroatoms. The average molecular weight is 279 g/mol. The summed E-state index contributed by atoms with van der Waals surface area (Å²) in [4.78, 5) is 33.5. The maximum atomic E-state index is 12.5. The Morgan fingerprint density at radius 3 is 2.89 bits per heavy atom. The predicted octanol–water partition coefficient (Wildman–Crippen LogP) is 1.17. The number of thiazole rings is 1. The van der Waals surface area contributed by atoms with Gasteiger partial charge < -0.3 is 9.80 Å². The van der Waals surface area contributed by atoms with E-state index in [9.17, 15) is 9.59 Å². The fourth-order valence-electron chi connectivity index (χ4n) is 2.90. The van der Waals surface area contributed by atoms with E-state index in [1.807, 2.05) is 13.8 Å². The largest absolute Gasteiger partial charge is 0.329 e. The number of amides is 2. The van der Waals surface area contributed by atoms with Gasteiger partial charge in [-0.25, -0.2) is 4.98 Å². The van der Waals surface area contributed by atoms with Crippen molar-refractivity contribution in [1.82, 2.24) is 14.8 Å². The van der Waals surface area contributed by atoms with Crippen LogP contribution in [0.15, 0.2) is 6.20 Å². The van der Waals surface area contributed by atoms with E-state index in [0.717, 1.165) is 29.3 Å². The maximum absolute atomic E-state index is 12.5. The Morgan fingerprint density at radius 2 is 2.21 bits per heavy atom. The van der Waals surface area contributed by atoms with Crippen LogP contribution in [0, 0.1) is 6.92 Å². The molecule has 2 aliphatic rings. The Hall–Kier alpha value is -1.43. The van der Waals surface area contributed by atoms with Crippen molar-refractivity contribution < 1.29 is 9.59 Å². The van der Waals surface area contributed by atoms with Crippen molar-refractivity contribution >= 4 is 23.2 Å².